The maximum absolute atomic E-state index is 5.06. The van der Waals surface area contributed by atoms with E-state index < -0.39 is 0 Å². The van der Waals surface area contributed by atoms with Crippen molar-refractivity contribution < 1.29 is 0 Å². The van der Waals surface area contributed by atoms with E-state index in [1.807, 2.05) is 18.5 Å². The molecule has 1 aliphatic rings. The van der Waals surface area contributed by atoms with E-state index in [4.69, 9.17) is 9.97 Å². The summed E-state index contributed by atoms with van der Waals surface area (Å²) in [5, 5.41) is 0. The first kappa shape index (κ1) is 19.4. The molecule has 5 nitrogen and oxygen atoms in total. The van der Waals surface area contributed by atoms with E-state index in [1.165, 1.54) is 33.5 Å². The summed E-state index contributed by atoms with van der Waals surface area (Å²) in [6.07, 6.45) is 4.75. The fourth-order valence-electron chi connectivity index (χ4n) is 4.46. The van der Waals surface area contributed by atoms with Gasteiger partial charge in [-0.25, -0.2) is 4.98 Å². The molecule has 0 unspecified atom stereocenters. The molecule has 4 rings (SSSR count). The lowest BCUT2D eigenvalue weighted by Crippen LogP contribution is -2.24. The summed E-state index contributed by atoms with van der Waals surface area (Å²) >= 11 is 0. The quantitative estimate of drug-likeness (QED) is 0.628. The van der Waals surface area contributed by atoms with Crippen LogP contribution < -0.4 is 9.80 Å². The Balaban J connectivity index is 1.74. The number of aryl methyl sites for hydroxylation is 4. The van der Waals surface area contributed by atoms with E-state index in [2.05, 4.69) is 67.6 Å². The second kappa shape index (κ2) is 7.82. The van der Waals surface area contributed by atoms with Gasteiger partial charge >= 0.3 is 0 Å². The zero-order chi connectivity index (χ0) is 20.5. The van der Waals surface area contributed by atoms with Crippen LogP contribution in [0.4, 0.5) is 17.5 Å². The summed E-state index contributed by atoms with van der Waals surface area (Å²) in [7, 11) is 0. The normalized spacial score (nSPS) is 12.9. The van der Waals surface area contributed by atoms with Crippen molar-refractivity contribution in [3.63, 3.8) is 0 Å². The lowest BCUT2D eigenvalue weighted by Gasteiger charge is -2.27. The van der Waals surface area contributed by atoms with Crippen molar-refractivity contribution >= 4 is 17.5 Å². The minimum atomic E-state index is 0.789. The SMILES string of the molecule is CCN(c1nc(C)c2c(n1)N(Cc1cccnc1)CC2)c1c(C)cc(C)cc1C. The summed E-state index contributed by atoms with van der Waals surface area (Å²) in [6.45, 7) is 13.4. The molecule has 0 bridgehead atoms. The van der Waals surface area contributed by atoms with Gasteiger partial charge in [-0.1, -0.05) is 23.8 Å². The van der Waals surface area contributed by atoms with Gasteiger partial charge in [-0.2, -0.15) is 4.98 Å². The average Bonchev–Trinajstić information content (AvgIpc) is 3.08. The van der Waals surface area contributed by atoms with Gasteiger partial charge in [0.15, 0.2) is 0 Å². The van der Waals surface area contributed by atoms with Gasteiger partial charge < -0.3 is 9.80 Å². The highest BCUT2D eigenvalue weighted by Gasteiger charge is 2.26. The summed E-state index contributed by atoms with van der Waals surface area (Å²) in [4.78, 5) is 18.8. The van der Waals surface area contributed by atoms with E-state index in [9.17, 15) is 0 Å². The van der Waals surface area contributed by atoms with Crippen LogP contribution in [-0.2, 0) is 13.0 Å². The first-order chi connectivity index (χ1) is 14.0. The van der Waals surface area contributed by atoms with Gasteiger partial charge in [0, 0.05) is 49.0 Å². The van der Waals surface area contributed by atoms with Gasteiger partial charge in [0.05, 0.1) is 0 Å². The Morgan fingerprint density at radius 3 is 2.48 bits per heavy atom. The summed E-state index contributed by atoms with van der Waals surface area (Å²) in [6, 6.07) is 8.59. The first-order valence-corrected chi connectivity index (χ1v) is 10.3. The number of rotatable bonds is 5. The van der Waals surface area contributed by atoms with Gasteiger partial charge in [0.2, 0.25) is 5.95 Å². The number of nitrogens with zero attached hydrogens (tertiary/aromatic N) is 5. The molecule has 0 spiro atoms. The van der Waals surface area contributed by atoms with Crippen molar-refractivity contribution in [1.29, 1.82) is 0 Å². The Morgan fingerprint density at radius 1 is 1.07 bits per heavy atom. The molecule has 0 radical (unpaired) electrons. The molecule has 0 aliphatic carbocycles. The first-order valence-electron chi connectivity index (χ1n) is 10.3. The molecule has 5 heteroatoms. The van der Waals surface area contributed by atoms with Gasteiger partial charge in [-0.15, -0.1) is 0 Å². The Bertz CT molecular complexity index is 1010. The van der Waals surface area contributed by atoms with E-state index in [1.54, 1.807) is 0 Å². The lowest BCUT2D eigenvalue weighted by atomic mass is 10.0. The van der Waals surface area contributed by atoms with E-state index in [-0.39, 0.29) is 0 Å². The van der Waals surface area contributed by atoms with E-state index in [0.29, 0.717) is 0 Å². The smallest absolute Gasteiger partial charge is 0.232 e. The van der Waals surface area contributed by atoms with Gasteiger partial charge in [-0.3, -0.25) is 4.98 Å². The Labute approximate surface area is 173 Å². The van der Waals surface area contributed by atoms with Crippen LogP contribution in [0.5, 0.6) is 0 Å². The zero-order valence-corrected chi connectivity index (χ0v) is 18.0. The minimum absolute atomic E-state index is 0.789. The fourth-order valence-corrected chi connectivity index (χ4v) is 4.46. The minimum Gasteiger partial charge on any atom is -0.351 e. The zero-order valence-electron chi connectivity index (χ0n) is 18.0. The predicted octanol–water partition coefficient (Wildman–Crippen LogP) is 4.83. The molecule has 0 saturated heterocycles. The third-order valence-electron chi connectivity index (χ3n) is 5.67. The van der Waals surface area contributed by atoms with Gasteiger partial charge in [0.1, 0.15) is 5.82 Å². The van der Waals surface area contributed by atoms with Crippen molar-refractivity contribution in [1.82, 2.24) is 15.0 Å². The van der Waals surface area contributed by atoms with Gasteiger partial charge in [0.25, 0.3) is 0 Å². The molecule has 0 atom stereocenters. The molecule has 29 heavy (non-hydrogen) atoms. The molecule has 0 N–H and O–H groups in total. The monoisotopic (exact) mass is 387 g/mol. The maximum atomic E-state index is 5.06. The fraction of sp³-hybridized carbons (Fsp3) is 0.375. The molecule has 150 valence electrons. The summed E-state index contributed by atoms with van der Waals surface area (Å²) in [5.41, 5.74) is 8.58. The average molecular weight is 388 g/mol. The van der Waals surface area contributed by atoms with Crippen LogP contribution in [0.3, 0.4) is 0 Å². The summed E-state index contributed by atoms with van der Waals surface area (Å²) < 4.78 is 0. The highest BCUT2D eigenvalue weighted by atomic mass is 15.3. The number of pyridine rings is 1. The molecule has 3 heterocycles. The van der Waals surface area contributed by atoms with Crippen molar-refractivity contribution in [3.05, 3.63) is 70.2 Å². The van der Waals surface area contributed by atoms with Crippen molar-refractivity contribution in [2.75, 3.05) is 22.9 Å². The molecule has 0 fully saturated rings. The third-order valence-corrected chi connectivity index (χ3v) is 5.67. The number of benzene rings is 1. The highest BCUT2D eigenvalue weighted by molar-refractivity contribution is 5.68. The van der Waals surface area contributed by atoms with Crippen LogP contribution in [-0.4, -0.2) is 28.0 Å². The number of hydrogen-bond donors (Lipinski definition) is 0. The Kier molecular flexibility index (Phi) is 5.22. The topological polar surface area (TPSA) is 45.2 Å². The van der Waals surface area contributed by atoms with Crippen LogP contribution in [0, 0.1) is 27.7 Å². The van der Waals surface area contributed by atoms with E-state index in [0.717, 1.165) is 43.5 Å². The molecular weight excluding hydrogens is 358 g/mol. The molecule has 0 saturated carbocycles. The van der Waals surface area contributed by atoms with Crippen LogP contribution in [0.25, 0.3) is 0 Å². The Hall–Kier alpha value is -2.95. The molecule has 2 aromatic heterocycles. The second-order valence-corrected chi connectivity index (χ2v) is 7.94. The maximum Gasteiger partial charge on any atom is 0.232 e. The third kappa shape index (κ3) is 3.69. The lowest BCUT2D eigenvalue weighted by molar-refractivity contribution is 0.819. The van der Waals surface area contributed by atoms with Crippen molar-refractivity contribution in [2.24, 2.45) is 0 Å². The van der Waals surface area contributed by atoms with Crippen LogP contribution in [0.2, 0.25) is 0 Å². The number of aromatic nitrogens is 3. The Morgan fingerprint density at radius 2 is 1.83 bits per heavy atom. The molecule has 1 aliphatic heterocycles. The van der Waals surface area contributed by atoms with E-state index >= 15 is 0 Å². The standard InChI is InChI=1S/C24H29N5/c1-6-29(22-17(3)12-16(2)13-18(22)4)24-26-19(5)21-9-11-28(23(21)27-24)15-20-8-7-10-25-14-20/h7-8,10,12-14H,6,9,11,15H2,1-5H3. The molecule has 0 amide bonds. The highest BCUT2D eigenvalue weighted by Crippen LogP contribution is 2.35. The van der Waals surface area contributed by atoms with Crippen molar-refractivity contribution in [3.8, 4) is 0 Å². The second-order valence-electron chi connectivity index (χ2n) is 7.94. The number of fused-ring (bicyclic) bond motifs is 1. The number of anilines is 3. The molecule has 1 aromatic carbocycles. The molecule has 3 aromatic rings. The number of hydrogen-bond acceptors (Lipinski definition) is 5. The van der Waals surface area contributed by atoms with Crippen LogP contribution in [0.15, 0.2) is 36.7 Å². The largest absolute Gasteiger partial charge is 0.351 e. The van der Waals surface area contributed by atoms with Crippen LogP contribution in [0.1, 0.15) is 40.4 Å². The summed E-state index contributed by atoms with van der Waals surface area (Å²) in [5.74, 6) is 1.86. The van der Waals surface area contributed by atoms with Gasteiger partial charge in [-0.05, 0) is 63.8 Å². The van der Waals surface area contributed by atoms with Crippen LogP contribution >= 0.6 is 0 Å². The predicted molar refractivity (Wildman–Crippen MR) is 119 cm³/mol. The molecular formula is C24H29N5. The van der Waals surface area contributed by atoms with Crippen molar-refractivity contribution in [2.45, 2.75) is 47.6 Å².